The maximum absolute atomic E-state index is 8.30. The number of alkyl halides is 2. The van der Waals surface area contributed by atoms with Crippen molar-refractivity contribution in [3.8, 4) is 0 Å². The van der Waals surface area contributed by atoms with Crippen molar-refractivity contribution in [1.29, 1.82) is 0 Å². The van der Waals surface area contributed by atoms with Gasteiger partial charge in [-0.05, 0) is 0 Å². The van der Waals surface area contributed by atoms with Crippen LogP contribution in [0.3, 0.4) is 0 Å². The Kier molecular flexibility index (Phi) is 4.31. The summed E-state index contributed by atoms with van der Waals surface area (Å²) in [7, 11) is 0. The van der Waals surface area contributed by atoms with E-state index in [2.05, 4.69) is 31.9 Å². The molecule has 0 aromatic rings. The maximum Gasteiger partial charge on any atom is 0.164 e. The first-order chi connectivity index (χ1) is 3.18. The van der Waals surface area contributed by atoms with Gasteiger partial charge in [-0.15, -0.1) is 0 Å². The molecule has 0 rings (SSSR count). The van der Waals surface area contributed by atoms with Crippen molar-refractivity contribution >= 4 is 31.9 Å². The fourth-order valence-corrected chi connectivity index (χ4v) is 0.414. The molecule has 0 radical (unpaired) electrons. The van der Waals surface area contributed by atoms with Crippen LogP contribution in [-0.4, -0.2) is 26.7 Å². The summed E-state index contributed by atoms with van der Waals surface area (Å²) in [6, 6.07) is 0. The van der Waals surface area contributed by atoms with Crippen LogP contribution < -0.4 is 0 Å². The number of halogens is 2. The fourth-order valence-electron chi connectivity index (χ4n) is 0.0797. The van der Waals surface area contributed by atoms with Gasteiger partial charge in [0, 0.05) is 5.33 Å². The van der Waals surface area contributed by atoms with Gasteiger partial charge in [0.1, 0.15) is 0 Å². The lowest BCUT2D eigenvalue weighted by atomic mass is 10.5. The van der Waals surface area contributed by atoms with E-state index in [0.29, 0.717) is 5.33 Å². The van der Waals surface area contributed by atoms with Gasteiger partial charge in [-0.1, -0.05) is 31.9 Å². The summed E-state index contributed by atoms with van der Waals surface area (Å²) in [6.45, 7) is 0. The molecule has 1 atom stereocenters. The average molecular weight is 234 g/mol. The zero-order chi connectivity index (χ0) is 5.86. The highest BCUT2D eigenvalue weighted by Gasteiger charge is 2.08. The Balaban J connectivity index is 3.14. The molecule has 2 nitrogen and oxygen atoms in total. The van der Waals surface area contributed by atoms with Crippen LogP contribution >= 0.6 is 31.9 Å². The van der Waals surface area contributed by atoms with Crippen molar-refractivity contribution < 1.29 is 10.2 Å². The molecule has 7 heavy (non-hydrogen) atoms. The topological polar surface area (TPSA) is 40.5 Å². The smallest absolute Gasteiger partial charge is 0.164 e. The van der Waals surface area contributed by atoms with Crippen molar-refractivity contribution in [2.75, 3.05) is 5.33 Å². The highest BCUT2D eigenvalue weighted by atomic mass is 79.9. The highest BCUT2D eigenvalue weighted by molar-refractivity contribution is 9.12. The van der Waals surface area contributed by atoms with E-state index in [1.807, 2.05) is 0 Å². The molecule has 0 aliphatic heterocycles. The van der Waals surface area contributed by atoms with Crippen LogP contribution in [0.15, 0.2) is 0 Å². The number of hydrogen-bond donors (Lipinski definition) is 2. The van der Waals surface area contributed by atoms with E-state index in [-0.39, 0.29) is 4.83 Å². The molecule has 0 heterocycles. The zero-order valence-electron chi connectivity index (χ0n) is 3.51. The average Bonchev–Trinajstić information content (AvgIpc) is 1.65. The molecule has 0 saturated heterocycles. The Hall–Kier alpha value is 0.880. The lowest BCUT2D eigenvalue weighted by Crippen LogP contribution is -2.20. The Bertz CT molecular complexity index is 48.2. The molecule has 0 aromatic carbocycles. The van der Waals surface area contributed by atoms with Gasteiger partial charge in [0.2, 0.25) is 0 Å². The van der Waals surface area contributed by atoms with Gasteiger partial charge in [-0.2, -0.15) is 0 Å². The molecule has 0 aromatic heterocycles. The third kappa shape index (κ3) is 3.46. The Morgan fingerprint density at radius 3 is 1.86 bits per heavy atom. The fraction of sp³-hybridized carbons (Fsp3) is 1.00. The summed E-state index contributed by atoms with van der Waals surface area (Å²) in [5, 5.41) is 17.1. The van der Waals surface area contributed by atoms with Crippen LogP contribution in [0.4, 0.5) is 0 Å². The minimum absolute atomic E-state index is 0.257. The summed E-state index contributed by atoms with van der Waals surface area (Å²) in [5.41, 5.74) is 0. The van der Waals surface area contributed by atoms with E-state index in [0.717, 1.165) is 0 Å². The second-order valence-corrected chi connectivity index (χ2v) is 2.91. The van der Waals surface area contributed by atoms with Crippen molar-refractivity contribution in [3.63, 3.8) is 0 Å². The van der Waals surface area contributed by atoms with Crippen LogP contribution in [0, 0.1) is 0 Å². The zero-order valence-corrected chi connectivity index (χ0v) is 6.68. The van der Waals surface area contributed by atoms with Gasteiger partial charge >= 0.3 is 0 Å². The lowest BCUT2D eigenvalue weighted by Gasteiger charge is -2.05. The molecule has 0 fully saturated rings. The quantitative estimate of drug-likeness (QED) is 0.538. The summed E-state index contributed by atoms with van der Waals surface area (Å²) in [5.74, 6) is 0. The number of rotatable bonds is 2. The molecule has 0 aliphatic rings. The first-order valence-corrected chi connectivity index (χ1v) is 3.78. The molecule has 1 unspecified atom stereocenters. The second-order valence-electron chi connectivity index (χ2n) is 1.08. The first-order valence-electron chi connectivity index (χ1n) is 1.74. The normalized spacial score (nSPS) is 15.0. The van der Waals surface area contributed by atoms with Gasteiger partial charge in [0.25, 0.3) is 0 Å². The molecule has 0 aliphatic carbocycles. The van der Waals surface area contributed by atoms with E-state index >= 15 is 0 Å². The number of aliphatic hydroxyl groups excluding tert-OH is 1. The minimum atomic E-state index is -1.26. The van der Waals surface area contributed by atoms with Gasteiger partial charge < -0.3 is 10.2 Å². The van der Waals surface area contributed by atoms with Crippen LogP contribution in [0.5, 0.6) is 0 Å². The van der Waals surface area contributed by atoms with Gasteiger partial charge in [0.05, 0.1) is 4.83 Å². The van der Waals surface area contributed by atoms with Crippen molar-refractivity contribution in [3.05, 3.63) is 0 Å². The van der Waals surface area contributed by atoms with E-state index < -0.39 is 6.29 Å². The Morgan fingerprint density at radius 2 is 1.86 bits per heavy atom. The molecule has 44 valence electrons. The third-order valence-electron chi connectivity index (χ3n) is 0.471. The molecular formula is C3H6Br2O2. The Labute approximate surface area is 58.8 Å². The highest BCUT2D eigenvalue weighted by Crippen LogP contribution is 2.05. The SMILES string of the molecule is OC(O)C(Br)CBr. The predicted octanol–water partition coefficient (Wildman–Crippen LogP) is 0.455. The molecule has 0 spiro atoms. The van der Waals surface area contributed by atoms with E-state index in [4.69, 9.17) is 10.2 Å². The van der Waals surface area contributed by atoms with E-state index in [9.17, 15) is 0 Å². The second kappa shape index (κ2) is 3.83. The molecule has 0 amide bonds. The van der Waals surface area contributed by atoms with Crippen molar-refractivity contribution in [2.45, 2.75) is 11.1 Å². The monoisotopic (exact) mass is 232 g/mol. The lowest BCUT2D eigenvalue weighted by molar-refractivity contribution is -0.0342. The molecule has 0 bridgehead atoms. The van der Waals surface area contributed by atoms with Crippen LogP contribution in [-0.2, 0) is 0 Å². The van der Waals surface area contributed by atoms with E-state index in [1.165, 1.54) is 0 Å². The standard InChI is InChI=1S/C3H6Br2O2/c4-1-2(5)3(6)7/h2-3,6-7H,1H2. The molecule has 4 heteroatoms. The first kappa shape index (κ1) is 7.88. The predicted molar refractivity (Wildman–Crippen MR) is 34.7 cm³/mol. The number of hydrogen-bond acceptors (Lipinski definition) is 2. The maximum atomic E-state index is 8.30. The minimum Gasteiger partial charge on any atom is -0.367 e. The van der Waals surface area contributed by atoms with Gasteiger partial charge in [-0.3, -0.25) is 0 Å². The molecule has 2 N–H and O–H groups in total. The summed E-state index contributed by atoms with van der Waals surface area (Å²) in [6.07, 6.45) is -1.26. The largest absolute Gasteiger partial charge is 0.367 e. The third-order valence-corrected chi connectivity index (χ3v) is 2.83. The van der Waals surface area contributed by atoms with E-state index in [1.54, 1.807) is 0 Å². The molecule has 0 saturated carbocycles. The van der Waals surface area contributed by atoms with Crippen LogP contribution in [0.25, 0.3) is 0 Å². The Morgan fingerprint density at radius 1 is 1.43 bits per heavy atom. The van der Waals surface area contributed by atoms with Crippen molar-refractivity contribution in [2.24, 2.45) is 0 Å². The number of aliphatic hydroxyl groups is 2. The van der Waals surface area contributed by atoms with Crippen LogP contribution in [0.2, 0.25) is 0 Å². The molecular weight excluding hydrogens is 228 g/mol. The van der Waals surface area contributed by atoms with Crippen LogP contribution in [0.1, 0.15) is 0 Å². The van der Waals surface area contributed by atoms with Crippen molar-refractivity contribution in [1.82, 2.24) is 0 Å². The summed E-state index contributed by atoms with van der Waals surface area (Å²) < 4.78 is 0. The van der Waals surface area contributed by atoms with Gasteiger partial charge in [-0.25, -0.2) is 0 Å². The summed E-state index contributed by atoms with van der Waals surface area (Å²) in [4.78, 5) is -0.257. The van der Waals surface area contributed by atoms with Gasteiger partial charge in [0.15, 0.2) is 6.29 Å². The summed E-state index contributed by atoms with van der Waals surface area (Å²) >= 11 is 6.04.